The van der Waals surface area contributed by atoms with Crippen LogP contribution in [0.25, 0.3) is 10.8 Å². The van der Waals surface area contributed by atoms with E-state index in [0.717, 1.165) is 10.8 Å². The molecule has 0 radical (unpaired) electrons. The van der Waals surface area contributed by atoms with E-state index in [1.807, 2.05) is 24.3 Å². The average molecular weight is 216 g/mol. The minimum Gasteiger partial charge on any atom is -0.450 e. The summed E-state index contributed by atoms with van der Waals surface area (Å²) in [6, 6.07) is 7.72. The maximum atomic E-state index is 11.3. The highest BCUT2D eigenvalue weighted by Crippen LogP contribution is 2.21. The third kappa shape index (κ3) is 2.11. The predicted octanol–water partition coefficient (Wildman–Crippen LogP) is 2.80. The number of aromatic nitrogens is 1. The van der Waals surface area contributed by atoms with Crippen molar-refractivity contribution >= 4 is 22.6 Å². The number of amides is 1. The van der Waals surface area contributed by atoms with Crippen molar-refractivity contribution in [3.63, 3.8) is 0 Å². The molecule has 1 aromatic carbocycles. The first-order valence-corrected chi connectivity index (χ1v) is 5.08. The topological polar surface area (TPSA) is 51.2 Å². The first-order chi connectivity index (χ1) is 7.81. The zero-order valence-corrected chi connectivity index (χ0v) is 8.93. The second-order valence-corrected chi connectivity index (χ2v) is 3.25. The molecule has 1 aromatic heterocycles. The van der Waals surface area contributed by atoms with Gasteiger partial charge in [0.05, 0.1) is 18.5 Å². The van der Waals surface area contributed by atoms with Crippen molar-refractivity contribution in [2.75, 3.05) is 11.9 Å². The summed E-state index contributed by atoms with van der Waals surface area (Å²) >= 11 is 0. The molecule has 4 nitrogen and oxygen atoms in total. The minimum atomic E-state index is -0.458. The molecule has 2 aromatic rings. The quantitative estimate of drug-likeness (QED) is 0.839. The van der Waals surface area contributed by atoms with E-state index in [0.29, 0.717) is 12.3 Å². The van der Waals surface area contributed by atoms with Crippen LogP contribution in [0.5, 0.6) is 0 Å². The van der Waals surface area contributed by atoms with Crippen LogP contribution in [0.1, 0.15) is 6.92 Å². The molecule has 1 N–H and O–H groups in total. The molecule has 0 unspecified atom stereocenters. The van der Waals surface area contributed by atoms with Crippen LogP contribution in [0.3, 0.4) is 0 Å². The number of hydrogen-bond donors (Lipinski definition) is 1. The largest absolute Gasteiger partial charge is 0.450 e. The van der Waals surface area contributed by atoms with E-state index in [1.54, 1.807) is 19.3 Å². The Kier molecular flexibility index (Phi) is 3.00. The Morgan fingerprint density at radius 2 is 2.19 bits per heavy atom. The smallest absolute Gasteiger partial charge is 0.411 e. The van der Waals surface area contributed by atoms with Crippen LogP contribution in [-0.2, 0) is 4.74 Å². The minimum absolute atomic E-state index is 0.351. The van der Waals surface area contributed by atoms with Crippen LogP contribution in [-0.4, -0.2) is 17.7 Å². The molecule has 0 aliphatic rings. The summed E-state index contributed by atoms with van der Waals surface area (Å²) < 4.78 is 4.82. The summed E-state index contributed by atoms with van der Waals surface area (Å²) in [5, 5.41) is 4.59. The molecule has 0 atom stereocenters. The Labute approximate surface area is 93.3 Å². The van der Waals surface area contributed by atoms with Crippen LogP contribution < -0.4 is 5.32 Å². The van der Waals surface area contributed by atoms with Gasteiger partial charge in [-0.25, -0.2) is 4.79 Å². The molecule has 1 heterocycles. The van der Waals surface area contributed by atoms with Gasteiger partial charge in [-0.05, 0) is 6.92 Å². The Bertz CT molecular complexity index is 506. The average Bonchev–Trinajstić information content (AvgIpc) is 2.30. The van der Waals surface area contributed by atoms with E-state index in [2.05, 4.69) is 10.3 Å². The molecule has 0 saturated carbocycles. The molecule has 0 fully saturated rings. The van der Waals surface area contributed by atoms with Gasteiger partial charge in [0.25, 0.3) is 0 Å². The predicted molar refractivity (Wildman–Crippen MR) is 62.4 cm³/mol. The van der Waals surface area contributed by atoms with Gasteiger partial charge in [0.2, 0.25) is 0 Å². The van der Waals surface area contributed by atoms with Gasteiger partial charge in [0.1, 0.15) is 0 Å². The molecule has 0 spiro atoms. The standard InChI is InChI=1S/C12H12N2O2/c1-2-16-12(15)14-11-8-13-7-9-5-3-4-6-10(9)11/h3-8H,2H2,1H3,(H,14,15). The van der Waals surface area contributed by atoms with Gasteiger partial charge in [-0.15, -0.1) is 0 Å². The number of anilines is 1. The highest BCUT2D eigenvalue weighted by Gasteiger charge is 2.05. The van der Waals surface area contributed by atoms with Crippen molar-refractivity contribution in [3.05, 3.63) is 36.7 Å². The number of fused-ring (bicyclic) bond motifs is 1. The van der Waals surface area contributed by atoms with Crippen LogP contribution >= 0.6 is 0 Å². The monoisotopic (exact) mass is 216 g/mol. The summed E-state index contributed by atoms with van der Waals surface area (Å²) in [4.78, 5) is 15.4. The number of rotatable bonds is 2. The second kappa shape index (κ2) is 4.61. The molecule has 4 heteroatoms. The maximum absolute atomic E-state index is 11.3. The van der Waals surface area contributed by atoms with Crippen LogP contribution in [0, 0.1) is 0 Å². The zero-order chi connectivity index (χ0) is 11.4. The van der Waals surface area contributed by atoms with E-state index in [9.17, 15) is 4.79 Å². The molecule has 0 bridgehead atoms. The van der Waals surface area contributed by atoms with Crippen molar-refractivity contribution < 1.29 is 9.53 Å². The Morgan fingerprint density at radius 3 is 3.00 bits per heavy atom. The molecular weight excluding hydrogens is 204 g/mol. The van der Waals surface area contributed by atoms with Gasteiger partial charge in [-0.1, -0.05) is 24.3 Å². The first-order valence-electron chi connectivity index (χ1n) is 5.08. The lowest BCUT2D eigenvalue weighted by atomic mass is 10.1. The normalized spacial score (nSPS) is 10.1. The first kappa shape index (κ1) is 10.4. The fourth-order valence-corrected chi connectivity index (χ4v) is 1.49. The molecule has 0 aliphatic carbocycles. The van der Waals surface area contributed by atoms with Crippen LogP contribution in [0.4, 0.5) is 10.5 Å². The highest BCUT2D eigenvalue weighted by atomic mass is 16.5. The van der Waals surface area contributed by atoms with Crippen LogP contribution in [0.2, 0.25) is 0 Å². The lowest BCUT2D eigenvalue weighted by molar-refractivity contribution is 0.168. The van der Waals surface area contributed by atoms with E-state index < -0.39 is 6.09 Å². The summed E-state index contributed by atoms with van der Waals surface area (Å²) in [6.07, 6.45) is 2.91. The Morgan fingerprint density at radius 1 is 1.38 bits per heavy atom. The van der Waals surface area contributed by atoms with E-state index in [1.165, 1.54) is 0 Å². The zero-order valence-electron chi connectivity index (χ0n) is 8.93. The van der Waals surface area contributed by atoms with E-state index in [4.69, 9.17) is 4.74 Å². The molecule has 0 saturated heterocycles. The van der Waals surface area contributed by atoms with Crippen molar-refractivity contribution in [2.45, 2.75) is 6.92 Å². The summed E-state index contributed by atoms with van der Waals surface area (Å²) in [5.41, 5.74) is 0.663. The molecule has 82 valence electrons. The summed E-state index contributed by atoms with van der Waals surface area (Å²) in [5.74, 6) is 0. The van der Waals surface area contributed by atoms with Crippen LogP contribution in [0.15, 0.2) is 36.7 Å². The number of pyridine rings is 1. The molecular formula is C12H12N2O2. The van der Waals surface area contributed by atoms with Crippen molar-refractivity contribution in [1.82, 2.24) is 4.98 Å². The summed E-state index contributed by atoms with van der Waals surface area (Å²) in [7, 11) is 0. The highest BCUT2D eigenvalue weighted by molar-refractivity contribution is 5.99. The van der Waals surface area contributed by atoms with Crippen molar-refractivity contribution in [3.8, 4) is 0 Å². The number of carbonyl (C=O) groups excluding carboxylic acids is 1. The molecule has 2 rings (SSSR count). The van der Waals surface area contributed by atoms with Gasteiger partial charge in [0, 0.05) is 17.0 Å². The summed E-state index contributed by atoms with van der Waals surface area (Å²) in [6.45, 7) is 2.12. The fourth-order valence-electron chi connectivity index (χ4n) is 1.49. The third-order valence-corrected chi connectivity index (χ3v) is 2.18. The Hall–Kier alpha value is -2.10. The lowest BCUT2D eigenvalue weighted by Crippen LogP contribution is -2.13. The van der Waals surface area contributed by atoms with Gasteiger partial charge in [-0.2, -0.15) is 0 Å². The molecule has 16 heavy (non-hydrogen) atoms. The SMILES string of the molecule is CCOC(=O)Nc1cncc2ccccc12. The van der Waals surface area contributed by atoms with Gasteiger partial charge in [0.15, 0.2) is 0 Å². The number of benzene rings is 1. The fraction of sp³-hybridized carbons (Fsp3) is 0.167. The molecule has 1 amide bonds. The van der Waals surface area contributed by atoms with Crippen molar-refractivity contribution in [2.24, 2.45) is 0 Å². The van der Waals surface area contributed by atoms with E-state index in [-0.39, 0.29) is 0 Å². The second-order valence-electron chi connectivity index (χ2n) is 3.25. The maximum Gasteiger partial charge on any atom is 0.411 e. The number of ether oxygens (including phenoxy) is 1. The number of hydrogen-bond acceptors (Lipinski definition) is 3. The number of carbonyl (C=O) groups is 1. The molecule has 0 aliphatic heterocycles. The van der Waals surface area contributed by atoms with Gasteiger partial charge in [-0.3, -0.25) is 10.3 Å². The number of nitrogens with zero attached hydrogens (tertiary/aromatic N) is 1. The van der Waals surface area contributed by atoms with Gasteiger partial charge >= 0.3 is 6.09 Å². The van der Waals surface area contributed by atoms with Crippen molar-refractivity contribution in [1.29, 1.82) is 0 Å². The van der Waals surface area contributed by atoms with Gasteiger partial charge < -0.3 is 4.74 Å². The lowest BCUT2D eigenvalue weighted by Gasteiger charge is -2.07. The Balaban J connectivity index is 2.33. The van der Waals surface area contributed by atoms with E-state index >= 15 is 0 Å². The third-order valence-electron chi connectivity index (χ3n) is 2.18. The number of nitrogens with one attached hydrogen (secondary N) is 1.